The Hall–Kier alpha value is -2.77. The lowest BCUT2D eigenvalue weighted by atomic mass is 10.3. The SMILES string of the molecule is O=C(O)CC[n+]1c(C=CC=CC=C2Nc3ccccc3S2)sc2c1OCC=C2. The molecule has 0 amide bonds. The van der Waals surface area contributed by atoms with Crippen LogP contribution in [0.15, 0.2) is 64.6 Å². The van der Waals surface area contributed by atoms with E-state index in [4.69, 9.17) is 9.84 Å². The molecule has 2 aromatic rings. The Morgan fingerprint density at radius 3 is 3.04 bits per heavy atom. The van der Waals surface area contributed by atoms with Gasteiger partial charge in [0.2, 0.25) is 0 Å². The fraction of sp³-hybridized carbons (Fsp3) is 0.143. The Bertz CT molecular complexity index is 992. The summed E-state index contributed by atoms with van der Waals surface area (Å²) in [5.74, 6) is -0.0633. The van der Waals surface area contributed by atoms with Crippen LogP contribution in [0.1, 0.15) is 16.3 Å². The Kier molecular flexibility index (Phi) is 5.64. The summed E-state index contributed by atoms with van der Waals surface area (Å²) < 4.78 is 7.65. The van der Waals surface area contributed by atoms with Crippen LogP contribution in [0.3, 0.4) is 0 Å². The van der Waals surface area contributed by atoms with Crippen LogP contribution in [0, 0.1) is 0 Å². The van der Waals surface area contributed by atoms with Gasteiger partial charge in [0.15, 0.2) is 6.54 Å². The van der Waals surface area contributed by atoms with Crippen LogP contribution >= 0.6 is 23.1 Å². The fourth-order valence-corrected chi connectivity index (χ4v) is 4.88. The van der Waals surface area contributed by atoms with E-state index in [0.29, 0.717) is 13.2 Å². The van der Waals surface area contributed by atoms with Gasteiger partial charge in [-0.2, -0.15) is 0 Å². The quantitative estimate of drug-likeness (QED) is 0.540. The van der Waals surface area contributed by atoms with Crippen molar-refractivity contribution < 1.29 is 19.2 Å². The van der Waals surface area contributed by atoms with Crippen molar-refractivity contribution in [2.75, 3.05) is 11.9 Å². The monoisotopic (exact) mass is 411 g/mol. The molecule has 142 valence electrons. The number of aromatic nitrogens is 1. The van der Waals surface area contributed by atoms with Crippen LogP contribution in [-0.4, -0.2) is 17.7 Å². The highest BCUT2D eigenvalue weighted by atomic mass is 32.2. The number of anilines is 1. The van der Waals surface area contributed by atoms with Gasteiger partial charge in [-0.1, -0.05) is 53.5 Å². The molecule has 0 aliphatic carbocycles. The smallest absolute Gasteiger partial charge is 0.387 e. The van der Waals surface area contributed by atoms with Crippen molar-refractivity contribution in [2.24, 2.45) is 0 Å². The molecule has 0 saturated carbocycles. The van der Waals surface area contributed by atoms with E-state index in [9.17, 15) is 4.79 Å². The maximum absolute atomic E-state index is 11.0. The number of hydrogen-bond donors (Lipinski definition) is 2. The molecule has 0 fully saturated rings. The summed E-state index contributed by atoms with van der Waals surface area (Å²) in [4.78, 5) is 13.2. The molecule has 4 rings (SSSR count). The van der Waals surface area contributed by atoms with Crippen molar-refractivity contribution in [1.82, 2.24) is 0 Å². The number of aliphatic carboxylic acids is 1. The molecule has 0 unspecified atom stereocenters. The summed E-state index contributed by atoms with van der Waals surface area (Å²) in [6, 6.07) is 8.22. The largest absolute Gasteiger partial charge is 0.481 e. The third-order valence-corrected chi connectivity index (χ3v) is 6.27. The Labute approximate surface area is 171 Å². The number of thioether (sulfide) groups is 1. The molecule has 1 aromatic heterocycles. The first-order chi connectivity index (χ1) is 13.7. The maximum Gasteiger partial charge on any atom is 0.387 e. The second-order valence-corrected chi connectivity index (χ2v) is 8.26. The Morgan fingerprint density at radius 2 is 2.18 bits per heavy atom. The zero-order chi connectivity index (χ0) is 19.3. The van der Waals surface area contributed by atoms with Crippen LogP contribution in [-0.2, 0) is 11.3 Å². The lowest BCUT2D eigenvalue weighted by Gasteiger charge is -2.04. The molecule has 28 heavy (non-hydrogen) atoms. The number of rotatable bonds is 6. The molecular weight excluding hydrogens is 392 g/mol. The second kappa shape index (κ2) is 8.50. The molecule has 2 aliphatic rings. The number of carboxylic acids is 1. The van der Waals surface area contributed by atoms with Gasteiger partial charge in [0.25, 0.3) is 5.01 Å². The molecule has 0 spiro atoms. The summed E-state index contributed by atoms with van der Waals surface area (Å²) in [6.07, 6.45) is 14.0. The summed E-state index contributed by atoms with van der Waals surface area (Å²) in [5, 5.41) is 14.5. The minimum atomic E-state index is -0.817. The van der Waals surface area contributed by atoms with Crippen LogP contribution in [0.5, 0.6) is 5.88 Å². The molecule has 2 N–H and O–H groups in total. The lowest BCUT2D eigenvalue weighted by Crippen LogP contribution is -2.38. The van der Waals surface area contributed by atoms with Gasteiger partial charge in [-0.25, -0.2) is 0 Å². The van der Waals surface area contributed by atoms with Crippen molar-refractivity contribution >= 4 is 46.9 Å². The van der Waals surface area contributed by atoms with Crippen molar-refractivity contribution in [2.45, 2.75) is 17.9 Å². The molecule has 1 aromatic carbocycles. The van der Waals surface area contributed by atoms with Crippen LogP contribution in [0.4, 0.5) is 5.69 Å². The Morgan fingerprint density at radius 1 is 1.29 bits per heavy atom. The van der Waals surface area contributed by atoms with E-state index in [0.717, 1.165) is 26.5 Å². The highest BCUT2D eigenvalue weighted by Crippen LogP contribution is 2.40. The first-order valence-electron chi connectivity index (χ1n) is 8.87. The van der Waals surface area contributed by atoms with Gasteiger partial charge in [-0.3, -0.25) is 4.79 Å². The summed E-state index contributed by atoms with van der Waals surface area (Å²) in [6.45, 7) is 0.905. The fourth-order valence-electron chi connectivity index (χ4n) is 2.88. The molecule has 0 radical (unpaired) electrons. The minimum Gasteiger partial charge on any atom is -0.481 e. The number of fused-ring (bicyclic) bond motifs is 2. The zero-order valence-electron chi connectivity index (χ0n) is 15.0. The number of hydrogen-bond acceptors (Lipinski definition) is 5. The number of nitrogens with one attached hydrogen (secondary N) is 1. The lowest BCUT2D eigenvalue weighted by molar-refractivity contribution is -0.697. The number of allylic oxidation sites excluding steroid dienone is 4. The molecule has 7 heteroatoms. The van der Waals surface area contributed by atoms with Gasteiger partial charge >= 0.3 is 11.8 Å². The van der Waals surface area contributed by atoms with Crippen LogP contribution < -0.4 is 14.6 Å². The van der Waals surface area contributed by atoms with Gasteiger partial charge < -0.3 is 15.2 Å². The zero-order valence-corrected chi connectivity index (χ0v) is 16.6. The maximum atomic E-state index is 11.0. The molecule has 2 aliphatic heterocycles. The highest BCUT2D eigenvalue weighted by molar-refractivity contribution is 8.03. The average molecular weight is 412 g/mol. The molecule has 3 heterocycles. The van der Waals surface area contributed by atoms with Gasteiger partial charge in [-0.05, 0) is 30.4 Å². The summed E-state index contributed by atoms with van der Waals surface area (Å²) >= 11 is 3.31. The standard InChI is InChI=1S/C21H18N2O3S2/c24-20(25)12-13-23-19(28-17-9-6-14-26-21(17)23)11-3-1-2-10-18-22-15-7-4-5-8-16(15)27-18/h1-11H,12-14H2,(H,24,25)/p+1. The number of ether oxygens (including phenoxy) is 1. The number of para-hydroxylation sites is 1. The molecule has 0 atom stereocenters. The van der Waals surface area contributed by atoms with Crippen molar-refractivity contribution in [3.05, 3.63) is 69.6 Å². The third-order valence-electron chi connectivity index (χ3n) is 4.14. The van der Waals surface area contributed by atoms with Crippen molar-refractivity contribution in [3.8, 4) is 5.88 Å². The molecule has 0 saturated heterocycles. The van der Waals surface area contributed by atoms with E-state index >= 15 is 0 Å². The molecule has 5 nitrogen and oxygen atoms in total. The van der Waals surface area contributed by atoms with E-state index in [1.54, 1.807) is 23.1 Å². The minimum absolute atomic E-state index is 0.0626. The van der Waals surface area contributed by atoms with Crippen LogP contribution in [0.2, 0.25) is 0 Å². The second-order valence-electron chi connectivity index (χ2n) is 6.12. The van der Waals surface area contributed by atoms with E-state index in [-0.39, 0.29) is 6.42 Å². The van der Waals surface area contributed by atoms with Gasteiger partial charge in [0, 0.05) is 11.0 Å². The third kappa shape index (κ3) is 4.21. The number of carbonyl (C=O) groups is 1. The van der Waals surface area contributed by atoms with E-state index in [1.807, 2.05) is 59.2 Å². The number of carboxylic acid groups (broad SMARTS) is 1. The topological polar surface area (TPSA) is 62.4 Å². The Balaban J connectivity index is 1.45. The van der Waals surface area contributed by atoms with Gasteiger partial charge in [0.1, 0.15) is 17.9 Å². The normalized spacial score (nSPS) is 16.4. The van der Waals surface area contributed by atoms with Gasteiger partial charge in [-0.15, -0.1) is 4.57 Å². The van der Waals surface area contributed by atoms with Crippen molar-refractivity contribution in [1.29, 1.82) is 0 Å². The first kappa shape index (κ1) is 18.6. The summed E-state index contributed by atoms with van der Waals surface area (Å²) in [7, 11) is 0. The van der Waals surface area contributed by atoms with E-state index in [2.05, 4.69) is 17.4 Å². The van der Waals surface area contributed by atoms with Gasteiger partial charge in [0.05, 0.1) is 10.7 Å². The van der Waals surface area contributed by atoms with Crippen LogP contribution in [0.25, 0.3) is 12.2 Å². The van der Waals surface area contributed by atoms with E-state index < -0.39 is 5.97 Å². The number of thiazole rings is 1. The average Bonchev–Trinajstić information content (AvgIpc) is 3.26. The molecular formula is C21H19N2O3S2+. The van der Waals surface area contributed by atoms with E-state index in [1.165, 1.54) is 4.90 Å². The highest BCUT2D eigenvalue weighted by Gasteiger charge is 2.27. The first-order valence-corrected chi connectivity index (χ1v) is 10.5. The molecule has 0 bridgehead atoms. The predicted molar refractivity (Wildman–Crippen MR) is 113 cm³/mol. The summed E-state index contributed by atoms with van der Waals surface area (Å²) in [5.41, 5.74) is 1.14. The van der Waals surface area contributed by atoms with Crippen molar-refractivity contribution in [3.63, 3.8) is 0 Å². The number of nitrogens with zero attached hydrogens (tertiary/aromatic N) is 1. The predicted octanol–water partition coefficient (Wildman–Crippen LogP) is 4.54. The number of benzene rings is 1.